The van der Waals surface area contributed by atoms with E-state index < -0.39 is 0 Å². The zero-order valence-corrected chi connectivity index (χ0v) is 10.5. The fourth-order valence-corrected chi connectivity index (χ4v) is 4.34. The normalized spacial score (nSPS) is 35.6. The summed E-state index contributed by atoms with van der Waals surface area (Å²) in [5.41, 5.74) is 0. The summed E-state index contributed by atoms with van der Waals surface area (Å²) in [7, 11) is 0. The monoisotopic (exact) mass is 216 g/mol. The third-order valence-electron chi connectivity index (χ3n) is 3.10. The van der Waals surface area contributed by atoms with Gasteiger partial charge in [0.25, 0.3) is 0 Å². The van der Waals surface area contributed by atoms with Crippen LogP contribution in [0.4, 0.5) is 0 Å². The van der Waals surface area contributed by atoms with E-state index in [2.05, 4.69) is 32.5 Å². The lowest BCUT2D eigenvalue weighted by molar-refractivity contribution is 0.287. The summed E-state index contributed by atoms with van der Waals surface area (Å²) in [5, 5.41) is 10.3. The van der Waals surface area contributed by atoms with Crippen LogP contribution in [0.3, 0.4) is 0 Å². The van der Waals surface area contributed by atoms with E-state index in [-0.39, 0.29) is 0 Å². The predicted octanol–water partition coefficient (Wildman–Crippen LogP) is 3.32. The van der Waals surface area contributed by atoms with Crippen LogP contribution in [0, 0.1) is 11.8 Å². The van der Waals surface area contributed by atoms with Gasteiger partial charge in [-0.3, -0.25) is 0 Å². The number of hydrogen-bond donors (Lipinski definition) is 1. The third-order valence-corrected chi connectivity index (χ3v) is 4.57. The molecule has 0 spiro atoms. The van der Waals surface area contributed by atoms with Crippen LogP contribution in [0.15, 0.2) is 0 Å². The van der Waals surface area contributed by atoms with E-state index in [1.165, 1.54) is 19.3 Å². The molecule has 0 aliphatic heterocycles. The van der Waals surface area contributed by atoms with Crippen LogP contribution in [0.2, 0.25) is 0 Å². The fraction of sp³-hybridized carbons (Fsp3) is 1.00. The Morgan fingerprint density at radius 1 is 1.21 bits per heavy atom. The molecule has 0 amide bonds. The van der Waals surface area contributed by atoms with E-state index in [0.717, 1.165) is 23.5 Å². The Labute approximate surface area is 92.7 Å². The van der Waals surface area contributed by atoms with Crippen LogP contribution in [-0.4, -0.2) is 22.2 Å². The SMILES string of the molecule is CC1CC(C)CC(SC(C)CCO)C1. The molecule has 1 N–H and O–H groups in total. The molecule has 1 nitrogen and oxygen atoms in total. The average molecular weight is 216 g/mol. The Balaban J connectivity index is 2.29. The van der Waals surface area contributed by atoms with Crippen LogP contribution in [0.25, 0.3) is 0 Å². The maximum Gasteiger partial charge on any atom is 0.0441 e. The molecule has 14 heavy (non-hydrogen) atoms. The lowest BCUT2D eigenvalue weighted by Crippen LogP contribution is -2.23. The predicted molar refractivity (Wildman–Crippen MR) is 64.7 cm³/mol. The lowest BCUT2D eigenvalue weighted by atomic mass is 9.83. The molecule has 1 saturated carbocycles. The summed E-state index contributed by atoms with van der Waals surface area (Å²) >= 11 is 2.09. The molecule has 0 radical (unpaired) electrons. The molecule has 84 valence electrons. The van der Waals surface area contributed by atoms with Crippen molar-refractivity contribution in [1.82, 2.24) is 0 Å². The van der Waals surface area contributed by atoms with Crippen molar-refractivity contribution in [3.05, 3.63) is 0 Å². The number of thioether (sulfide) groups is 1. The Bertz CT molecular complexity index is 150. The first-order chi connectivity index (χ1) is 6.61. The van der Waals surface area contributed by atoms with Gasteiger partial charge in [-0.2, -0.15) is 11.8 Å². The Morgan fingerprint density at radius 3 is 2.29 bits per heavy atom. The maximum atomic E-state index is 8.86. The van der Waals surface area contributed by atoms with E-state index in [0.29, 0.717) is 11.9 Å². The number of hydrogen-bond acceptors (Lipinski definition) is 2. The first kappa shape index (κ1) is 12.4. The quantitative estimate of drug-likeness (QED) is 0.778. The van der Waals surface area contributed by atoms with Crippen LogP contribution < -0.4 is 0 Å². The van der Waals surface area contributed by atoms with Gasteiger partial charge in [-0.1, -0.05) is 20.8 Å². The molecule has 0 aromatic heterocycles. The molecule has 0 heterocycles. The van der Waals surface area contributed by atoms with Gasteiger partial charge in [0.15, 0.2) is 0 Å². The Hall–Kier alpha value is 0.310. The zero-order valence-electron chi connectivity index (χ0n) is 9.70. The molecule has 3 atom stereocenters. The molecule has 0 bridgehead atoms. The van der Waals surface area contributed by atoms with Crippen molar-refractivity contribution < 1.29 is 5.11 Å². The van der Waals surface area contributed by atoms with Crippen LogP contribution in [0.5, 0.6) is 0 Å². The molecule has 2 heteroatoms. The van der Waals surface area contributed by atoms with E-state index in [4.69, 9.17) is 5.11 Å². The van der Waals surface area contributed by atoms with Crippen molar-refractivity contribution in [2.24, 2.45) is 11.8 Å². The van der Waals surface area contributed by atoms with Gasteiger partial charge < -0.3 is 5.11 Å². The first-order valence-electron chi connectivity index (χ1n) is 5.88. The molecule has 0 aromatic carbocycles. The average Bonchev–Trinajstić information content (AvgIpc) is 2.01. The standard InChI is InChI=1S/C12H24OS/c1-9-6-10(2)8-12(7-9)14-11(3)4-5-13/h9-13H,4-8H2,1-3H3. The smallest absolute Gasteiger partial charge is 0.0441 e. The van der Waals surface area contributed by atoms with Crippen LogP contribution in [0.1, 0.15) is 46.5 Å². The highest BCUT2D eigenvalue weighted by Gasteiger charge is 2.25. The molecular weight excluding hydrogens is 192 g/mol. The van der Waals surface area contributed by atoms with Crippen molar-refractivity contribution in [1.29, 1.82) is 0 Å². The van der Waals surface area contributed by atoms with Gasteiger partial charge in [-0.25, -0.2) is 0 Å². The summed E-state index contributed by atoms with van der Waals surface area (Å²) in [6.07, 6.45) is 5.12. The third kappa shape index (κ3) is 4.22. The van der Waals surface area contributed by atoms with Gasteiger partial charge in [0, 0.05) is 17.1 Å². The first-order valence-corrected chi connectivity index (χ1v) is 6.82. The molecule has 1 aliphatic rings. The summed E-state index contributed by atoms with van der Waals surface area (Å²) in [4.78, 5) is 0. The second-order valence-electron chi connectivity index (χ2n) is 5.00. The van der Waals surface area contributed by atoms with Crippen molar-refractivity contribution in [3.8, 4) is 0 Å². The molecule has 0 saturated heterocycles. The topological polar surface area (TPSA) is 20.2 Å². The van der Waals surface area contributed by atoms with E-state index in [1.54, 1.807) is 0 Å². The minimum absolute atomic E-state index is 0.339. The van der Waals surface area contributed by atoms with E-state index in [9.17, 15) is 0 Å². The summed E-state index contributed by atoms with van der Waals surface area (Å²) < 4.78 is 0. The van der Waals surface area contributed by atoms with Gasteiger partial charge in [-0.15, -0.1) is 0 Å². The minimum Gasteiger partial charge on any atom is -0.396 e. The molecule has 0 aromatic rings. The van der Waals surface area contributed by atoms with Crippen molar-refractivity contribution in [3.63, 3.8) is 0 Å². The van der Waals surface area contributed by atoms with E-state index in [1.807, 2.05) is 0 Å². The minimum atomic E-state index is 0.339. The van der Waals surface area contributed by atoms with Gasteiger partial charge in [0.2, 0.25) is 0 Å². The summed E-state index contributed by atoms with van der Waals surface area (Å²) in [6.45, 7) is 7.33. The number of rotatable bonds is 4. The van der Waals surface area contributed by atoms with Crippen LogP contribution >= 0.6 is 11.8 Å². The molecule has 1 fully saturated rings. The van der Waals surface area contributed by atoms with Gasteiger partial charge in [-0.05, 0) is 37.5 Å². The van der Waals surface area contributed by atoms with Gasteiger partial charge in [0.1, 0.15) is 0 Å². The lowest BCUT2D eigenvalue weighted by Gasteiger charge is -2.32. The molecular formula is C12H24OS. The second-order valence-corrected chi connectivity index (χ2v) is 6.74. The van der Waals surface area contributed by atoms with Crippen molar-refractivity contribution in [2.75, 3.05) is 6.61 Å². The van der Waals surface area contributed by atoms with Gasteiger partial charge >= 0.3 is 0 Å². The molecule has 1 rings (SSSR count). The summed E-state index contributed by atoms with van der Waals surface area (Å²) in [6, 6.07) is 0. The highest BCUT2D eigenvalue weighted by atomic mass is 32.2. The van der Waals surface area contributed by atoms with E-state index >= 15 is 0 Å². The summed E-state index contributed by atoms with van der Waals surface area (Å²) in [5.74, 6) is 1.80. The molecule has 3 unspecified atom stereocenters. The van der Waals surface area contributed by atoms with Crippen molar-refractivity contribution >= 4 is 11.8 Å². The van der Waals surface area contributed by atoms with Gasteiger partial charge in [0.05, 0.1) is 0 Å². The second kappa shape index (κ2) is 6.02. The highest BCUT2D eigenvalue weighted by molar-refractivity contribution is 8.00. The highest BCUT2D eigenvalue weighted by Crippen LogP contribution is 2.37. The fourth-order valence-electron chi connectivity index (χ4n) is 2.56. The van der Waals surface area contributed by atoms with Crippen molar-refractivity contribution in [2.45, 2.75) is 57.0 Å². The Kier molecular flexibility index (Phi) is 5.32. The maximum absolute atomic E-state index is 8.86. The number of aliphatic hydroxyl groups excluding tert-OH is 1. The number of aliphatic hydroxyl groups is 1. The largest absolute Gasteiger partial charge is 0.396 e. The zero-order chi connectivity index (χ0) is 10.6. The Morgan fingerprint density at radius 2 is 1.79 bits per heavy atom. The van der Waals surface area contributed by atoms with Crippen LogP contribution in [-0.2, 0) is 0 Å². The molecule has 1 aliphatic carbocycles.